The second kappa shape index (κ2) is 6.15. The minimum Gasteiger partial charge on any atom is -0.459 e. The Kier molecular flexibility index (Phi) is 4.18. The molecule has 5 heteroatoms. The van der Waals surface area contributed by atoms with Crippen LogP contribution in [0, 0.1) is 13.8 Å². The number of carbonyl (C=O) groups is 1. The van der Waals surface area contributed by atoms with Crippen LogP contribution in [0.1, 0.15) is 48.5 Å². The van der Waals surface area contributed by atoms with Crippen molar-refractivity contribution in [2.24, 2.45) is 7.05 Å². The number of benzene rings is 1. The Bertz CT molecular complexity index is 858. The summed E-state index contributed by atoms with van der Waals surface area (Å²) < 4.78 is 7.65. The van der Waals surface area contributed by atoms with Crippen LogP contribution >= 0.6 is 0 Å². The largest absolute Gasteiger partial charge is 0.459 e. The fourth-order valence-corrected chi connectivity index (χ4v) is 3.17. The van der Waals surface area contributed by atoms with Gasteiger partial charge in [0.25, 0.3) is 0 Å². The maximum atomic E-state index is 12.7. The molecule has 0 spiro atoms. The maximum Gasteiger partial charge on any atom is 0.227 e. The van der Waals surface area contributed by atoms with Gasteiger partial charge in [0, 0.05) is 23.7 Å². The lowest BCUT2D eigenvalue weighted by Gasteiger charge is -2.16. The van der Waals surface area contributed by atoms with Gasteiger partial charge in [-0.15, -0.1) is 0 Å². The van der Waals surface area contributed by atoms with Crippen LogP contribution in [0.5, 0.6) is 0 Å². The first-order chi connectivity index (χ1) is 11.4. The van der Waals surface area contributed by atoms with Gasteiger partial charge in [0.15, 0.2) is 0 Å². The summed E-state index contributed by atoms with van der Waals surface area (Å²) in [7, 11) is 1.90. The van der Waals surface area contributed by atoms with Crippen LogP contribution in [0.2, 0.25) is 0 Å². The van der Waals surface area contributed by atoms with Gasteiger partial charge in [-0.05, 0) is 39.8 Å². The predicted octanol–water partition coefficient (Wildman–Crippen LogP) is 3.76. The van der Waals surface area contributed by atoms with Crippen molar-refractivity contribution in [3.63, 3.8) is 0 Å². The van der Waals surface area contributed by atoms with Gasteiger partial charge in [-0.3, -0.25) is 9.48 Å². The van der Waals surface area contributed by atoms with Gasteiger partial charge in [-0.25, -0.2) is 0 Å². The number of furan rings is 1. The summed E-state index contributed by atoms with van der Waals surface area (Å²) >= 11 is 0. The third-order valence-electron chi connectivity index (χ3n) is 4.62. The van der Waals surface area contributed by atoms with Crippen molar-refractivity contribution in [2.45, 2.75) is 39.7 Å². The molecule has 0 saturated heterocycles. The number of fused-ring (bicyclic) bond motifs is 1. The van der Waals surface area contributed by atoms with Crippen LogP contribution in [-0.2, 0) is 11.8 Å². The number of amides is 1. The van der Waals surface area contributed by atoms with Crippen LogP contribution in [-0.4, -0.2) is 15.7 Å². The molecular formula is C19H23N3O2. The minimum atomic E-state index is -0.259. The summed E-state index contributed by atoms with van der Waals surface area (Å²) in [6.07, 6.45) is 0. The summed E-state index contributed by atoms with van der Waals surface area (Å²) in [6, 6.07) is 9.63. The van der Waals surface area contributed by atoms with Crippen molar-refractivity contribution in [1.29, 1.82) is 0 Å². The van der Waals surface area contributed by atoms with E-state index in [2.05, 4.69) is 10.4 Å². The zero-order chi connectivity index (χ0) is 17.4. The number of hydrogen-bond acceptors (Lipinski definition) is 3. The highest BCUT2D eigenvalue weighted by Gasteiger charge is 2.24. The molecule has 0 saturated carbocycles. The minimum absolute atomic E-state index is 0.0258. The molecule has 0 radical (unpaired) electrons. The number of aromatic nitrogens is 2. The molecule has 1 aromatic carbocycles. The summed E-state index contributed by atoms with van der Waals surface area (Å²) in [4.78, 5) is 12.7. The molecule has 0 aliphatic rings. The highest BCUT2D eigenvalue weighted by molar-refractivity contribution is 5.84. The Labute approximate surface area is 141 Å². The second-order valence-electron chi connectivity index (χ2n) is 6.35. The van der Waals surface area contributed by atoms with Gasteiger partial charge >= 0.3 is 0 Å². The molecule has 0 bridgehead atoms. The van der Waals surface area contributed by atoms with Gasteiger partial charge in [-0.2, -0.15) is 5.10 Å². The Morgan fingerprint density at radius 2 is 1.96 bits per heavy atom. The van der Waals surface area contributed by atoms with Gasteiger partial charge in [0.05, 0.1) is 17.7 Å². The van der Waals surface area contributed by atoms with Crippen LogP contribution in [0.3, 0.4) is 0 Å². The molecule has 1 amide bonds. The summed E-state index contributed by atoms with van der Waals surface area (Å²) in [5.41, 5.74) is 3.74. The van der Waals surface area contributed by atoms with E-state index < -0.39 is 0 Å². The first-order valence-electron chi connectivity index (χ1n) is 8.17. The highest BCUT2D eigenvalue weighted by Crippen LogP contribution is 2.26. The molecule has 0 aliphatic carbocycles. The van der Waals surface area contributed by atoms with Crippen molar-refractivity contribution in [3.8, 4) is 0 Å². The predicted molar refractivity (Wildman–Crippen MR) is 93.9 cm³/mol. The molecule has 2 atom stereocenters. The quantitative estimate of drug-likeness (QED) is 0.794. The van der Waals surface area contributed by atoms with Crippen LogP contribution < -0.4 is 5.32 Å². The average Bonchev–Trinajstić information content (AvgIpc) is 3.08. The highest BCUT2D eigenvalue weighted by atomic mass is 16.3. The van der Waals surface area contributed by atoms with Crippen molar-refractivity contribution in [3.05, 3.63) is 53.0 Å². The summed E-state index contributed by atoms with van der Waals surface area (Å²) in [6.45, 7) is 7.78. The number of para-hydroxylation sites is 1. The number of nitrogens with zero attached hydrogens (tertiary/aromatic N) is 2. The average molecular weight is 325 g/mol. The fourth-order valence-electron chi connectivity index (χ4n) is 3.17. The van der Waals surface area contributed by atoms with E-state index in [1.54, 1.807) is 0 Å². The summed E-state index contributed by atoms with van der Waals surface area (Å²) in [5, 5.41) is 8.49. The molecule has 126 valence electrons. The first kappa shape index (κ1) is 16.3. The third kappa shape index (κ3) is 2.82. The van der Waals surface area contributed by atoms with Crippen molar-refractivity contribution < 1.29 is 9.21 Å². The van der Waals surface area contributed by atoms with Crippen LogP contribution in [0.4, 0.5) is 0 Å². The zero-order valence-corrected chi connectivity index (χ0v) is 14.8. The van der Waals surface area contributed by atoms with Crippen molar-refractivity contribution >= 4 is 16.9 Å². The maximum absolute atomic E-state index is 12.7. The Hall–Kier alpha value is -2.56. The molecule has 3 rings (SSSR count). The molecule has 0 aliphatic heterocycles. The van der Waals surface area contributed by atoms with Crippen molar-refractivity contribution in [1.82, 2.24) is 15.1 Å². The van der Waals surface area contributed by atoms with E-state index in [-0.39, 0.29) is 17.9 Å². The van der Waals surface area contributed by atoms with Crippen LogP contribution in [0.15, 0.2) is 34.7 Å². The van der Waals surface area contributed by atoms with Gasteiger partial charge < -0.3 is 9.73 Å². The lowest BCUT2D eigenvalue weighted by Crippen LogP contribution is -2.30. The lowest BCUT2D eigenvalue weighted by molar-refractivity contribution is -0.123. The number of aryl methyl sites for hydroxylation is 2. The van der Waals surface area contributed by atoms with E-state index in [9.17, 15) is 4.79 Å². The smallest absolute Gasteiger partial charge is 0.227 e. The van der Waals surface area contributed by atoms with E-state index in [4.69, 9.17) is 4.42 Å². The molecular weight excluding hydrogens is 302 g/mol. The molecule has 24 heavy (non-hydrogen) atoms. The summed E-state index contributed by atoms with van der Waals surface area (Å²) in [5.74, 6) is 0.476. The van der Waals surface area contributed by atoms with Crippen molar-refractivity contribution in [2.75, 3.05) is 0 Å². The molecule has 3 aromatic rings. The number of rotatable bonds is 4. The zero-order valence-electron chi connectivity index (χ0n) is 14.8. The van der Waals surface area contributed by atoms with E-state index in [0.717, 1.165) is 33.7 Å². The van der Waals surface area contributed by atoms with Crippen LogP contribution in [0.25, 0.3) is 11.0 Å². The monoisotopic (exact) mass is 325 g/mol. The van der Waals surface area contributed by atoms with E-state index >= 15 is 0 Å². The number of hydrogen-bond donors (Lipinski definition) is 1. The van der Waals surface area contributed by atoms with E-state index in [0.29, 0.717) is 0 Å². The van der Waals surface area contributed by atoms with Gasteiger partial charge in [-0.1, -0.05) is 18.2 Å². The number of nitrogens with one attached hydrogen (secondary N) is 1. The first-order valence-corrected chi connectivity index (χ1v) is 8.17. The Morgan fingerprint density at radius 3 is 2.58 bits per heavy atom. The third-order valence-corrected chi connectivity index (χ3v) is 4.62. The fraction of sp³-hybridized carbons (Fsp3) is 0.368. The Morgan fingerprint density at radius 1 is 1.25 bits per heavy atom. The second-order valence-corrected chi connectivity index (χ2v) is 6.35. The molecule has 5 nitrogen and oxygen atoms in total. The van der Waals surface area contributed by atoms with E-state index in [1.807, 2.05) is 69.8 Å². The molecule has 2 heterocycles. The molecule has 1 N–H and O–H groups in total. The molecule has 2 aromatic heterocycles. The molecule has 0 unspecified atom stereocenters. The lowest BCUT2D eigenvalue weighted by atomic mass is 9.98. The Balaban J connectivity index is 1.78. The van der Waals surface area contributed by atoms with Gasteiger partial charge in [0.2, 0.25) is 5.91 Å². The van der Waals surface area contributed by atoms with E-state index in [1.165, 1.54) is 0 Å². The standard InChI is InChI=1S/C19H23N3O2/c1-11(18-13(3)21-22(5)14(18)4)19(23)20-12(2)17-10-15-8-6-7-9-16(15)24-17/h6-12H,1-5H3,(H,20,23)/t11-,12-/m1/s1. The topological polar surface area (TPSA) is 60.1 Å². The molecule has 0 fully saturated rings. The van der Waals surface area contributed by atoms with Gasteiger partial charge in [0.1, 0.15) is 11.3 Å². The number of carbonyl (C=O) groups excluding carboxylic acids is 1. The normalized spacial score (nSPS) is 13.9. The SMILES string of the molecule is Cc1nn(C)c(C)c1[C@@H](C)C(=O)N[C@H](C)c1cc2ccccc2o1.